The van der Waals surface area contributed by atoms with Crippen LogP contribution in [0.15, 0.2) is 42.9 Å². The van der Waals surface area contributed by atoms with Crippen LogP contribution in [0.4, 0.5) is 0 Å². The molecule has 3 heterocycles. The molecule has 4 rings (SSSR count). The molecule has 0 saturated carbocycles. The van der Waals surface area contributed by atoms with Gasteiger partial charge in [-0.05, 0) is 12.0 Å². The molecule has 3 aromatic rings. The quantitative estimate of drug-likeness (QED) is 0.657. The van der Waals surface area contributed by atoms with Crippen molar-refractivity contribution in [2.45, 2.75) is 32.3 Å². The van der Waals surface area contributed by atoms with Gasteiger partial charge in [-0.1, -0.05) is 30.3 Å². The molecule has 1 N–H and O–H groups in total. The molecule has 1 saturated heterocycles. The molecular formula is C20H24N4O3. The van der Waals surface area contributed by atoms with Gasteiger partial charge < -0.3 is 19.1 Å². The number of aliphatic hydroxyl groups is 1. The second-order valence-corrected chi connectivity index (χ2v) is 6.76. The van der Waals surface area contributed by atoms with Crippen molar-refractivity contribution in [3.05, 3.63) is 54.0 Å². The Balaban J connectivity index is 1.57. The highest BCUT2D eigenvalue weighted by Gasteiger charge is 2.28. The fourth-order valence-corrected chi connectivity index (χ4v) is 3.50. The number of ether oxygens (including phenoxy) is 2. The molecule has 1 atom stereocenters. The minimum Gasteiger partial charge on any atom is -0.479 e. The molecule has 0 amide bonds. The Bertz CT molecular complexity index is 895. The van der Waals surface area contributed by atoms with Crippen LogP contribution in [0.2, 0.25) is 0 Å². The number of nitrogens with zero attached hydrogens (tertiary/aromatic N) is 4. The Hall–Kier alpha value is -2.48. The first-order valence-electron chi connectivity index (χ1n) is 9.13. The van der Waals surface area contributed by atoms with Crippen LogP contribution >= 0.6 is 0 Å². The molecule has 0 bridgehead atoms. The van der Waals surface area contributed by atoms with Crippen molar-refractivity contribution in [2.24, 2.45) is 0 Å². The van der Waals surface area contributed by atoms with Crippen LogP contribution in [0.5, 0.6) is 5.88 Å². The summed E-state index contributed by atoms with van der Waals surface area (Å²) in [4.78, 5) is 11.0. The van der Waals surface area contributed by atoms with Gasteiger partial charge in [0.25, 0.3) is 0 Å². The Morgan fingerprint density at radius 3 is 2.78 bits per heavy atom. The van der Waals surface area contributed by atoms with Crippen LogP contribution in [-0.4, -0.2) is 50.8 Å². The molecule has 1 unspecified atom stereocenters. The van der Waals surface area contributed by atoms with E-state index in [0.717, 1.165) is 41.7 Å². The van der Waals surface area contributed by atoms with Crippen molar-refractivity contribution in [2.75, 3.05) is 20.3 Å². The minimum atomic E-state index is 0.192. The van der Waals surface area contributed by atoms with Gasteiger partial charge in [-0.15, -0.1) is 0 Å². The van der Waals surface area contributed by atoms with E-state index in [1.807, 2.05) is 34.9 Å². The van der Waals surface area contributed by atoms with Crippen molar-refractivity contribution in [1.82, 2.24) is 19.4 Å². The van der Waals surface area contributed by atoms with E-state index in [-0.39, 0.29) is 12.6 Å². The topological polar surface area (TPSA) is 72.6 Å². The third-order valence-electron chi connectivity index (χ3n) is 5.08. The second-order valence-electron chi connectivity index (χ2n) is 6.76. The van der Waals surface area contributed by atoms with E-state index in [1.54, 1.807) is 7.11 Å². The third kappa shape index (κ3) is 3.66. The van der Waals surface area contributed by atoms with Crippen LogP contribution in [0.1, 0.15) is 17.5 Å². The van der Waals surface area contributed by atoms with Gasteiger partial charge in [-0.3, -0.25) is 4.90 Å². The average Bonchev–Trinajstić information content (AvgIpc) is 3.04. The van der Waals surface area contributed by atoms with Crippen LogP contribution in [0, 0.1) is 0 Å². The largest absolute Gasteiger partial charge is 0.479 e. The summed E-state index contributed by atoms with van der Waals surface area (Å²) in [5.41, 5.74) is 3.92. The summed E-state index contributed by atoms with van der Waals surface area (Å²) < 4.78 is 13.4. The molecule has 7 nitrogen and oxygen atoms in total. The maximum atomic E-state index is 9.45. The highest BCUT2D eigenvalue weighted by molar-refractivity contribution is 5.83. The lowest BCUT2D eigenvalue weighted by molar-refractivity contribution is 0.0356. The molecule has 142 valence electrons. The molecule has 2 aromatic heterocycles. The van der Waals surface area contributed by atoms with E-state index >= 15 is 0 Å². The lowest BCUT2D eigenvalue weighted by atomic mass is 10.0. The van der Waals surface area contributed by atoms with Gasteiger partial charge in [-0.25, -0.2) is 4.98 Å². The van der Waals surface area contributed by atoms with Crippen LogP contribution in [0.25, 0.3) is 11.0 Å². The standard InChI is InChI=1S/C20H24N4O3/c1-26-20-19-18(21-13-22-20)16(9-23-8-7-17(23)11-25)10-24(19)14-27-12-15-5-3-2-4-6-15/h2-6,10,13,17,25H,7-9,11-12,14H2,1H3. The monoisotopic (exact) mass is 368 g/mol. The Morgan fingerprint density at radius 2 is 2.07 bits per heavy atom. The predicted molar refractivity (Wildman–Crippen MR) is 101 cm³/mol. The molecule has 0 spiro atoms. The molecular weight excluding hydrogens is 344 g/mol. The molecule has 0 aliphatic carbocycles. The van der Waals surface area contributed by atoms with Gasteiger partial charge in [0.05, 0.1) is 20.3 Å². The highest BCUT2D eigenvalue weighted by atomic mass is 16.5. The van der Waals surface area contributed by atoms with E-state index in [1.165, 1.54) is 6.33 Å². The number of likely N-dealkylation sites (tertiary alicyclic amines) is 1. The number of benzene rings is 1. The van der Waals surface area contributed by atoms with Gasteiger partial charge >= 0.3 is 0 Å². The summed E-state index contributed by atoms with van der Waals surface area (Å²) in [6.45, 7) is 2.85. The Morgan fingerprint density at radius 1 is 1.22 bits per heavy atom. The van der Waals surface area contributed by atoms with Gasteiger partial charge in [0, 0.05) is 30.9 Å². The maximum absolute atomic E-state index is 9.45. The molecule has 1 aromatic carbocycles. The first-order chi connectivity index (χ1) is 13.3. The van der Waals surface area contributed by atoms with E-state index in [4.69, 9.17) is 9.47 Å². The minimum absolute atomic E-state index is 0.192. The van der Waals surface area contributed by atoms with E-state index < -0.39 is 0 Å². The zero-order valence-corrected chi connectivity index (χ0v) is 15.4. The summed E-state index contributed by atoms with van der Waals surface area (Å²) in [7, 11) is 1.61. The molecule has 1 aliphatic rings. The van der Waals surface area contributed by atoms with Crippen LogP contribution in [-0.2, 0) is 24.6 Å². The summed E-state index contributed by atoms with van der Waals surface area (Å²) in [6.07, 6.45) is 4.62. The Kier molecular flexibility index (Phi) is 5.33. The molecule has 1 fully saturated rings. The third-order valence-corrected chi connectivity index (χ3v) is 5.08. The van der Waals surface area contributed by atoms with Gasteiger partial charge in [-0.2, -0.15) is 4.98 Å². The smallest absolute Gasteiger partial charge is 0.241 e. The van der Waals surface area contributed by atoms with E-state index in [9.17, 15) is 5.11 Å². The molecule has 1 aliphatic heterocycles. The summed E-state index contributed by atoms with van der Waals surface area (Å²) >= 11 is 0. The lowest BCUT2D eigenvalue weighted by Gasteiger charge is -2.39. The fraction of sp³-hybridized carbons (Fsp3) is 0.400. The number of hydrogen-bond donors (Lipinski definition) is 1. The van der Waals surface area contributed by atoms with Gasteiger partial charge in [0.2, 0.25) is 5.88 Å². The number of methoxy groups -OCH3 is 1. The van der Waals surface area contributed by atoms with Crippen molar-refractivity contribution in [3.8, 4) is 5.88 Å². The van der Waals surface area contributed by atoms with E-state index in [0.29, 0.717) is 19.2 Å². The van der Waals surface area contributed by atoms with Crippen molar-refractivity contribution in [3.63, 3.8) is 0 Å². The molecule has 27 heavy (non-hydrogen) atoms. The SMILES string of the molecule is COc1ncnc2c(CN3CCC3CO)cn(COCc3ccccc3)c12. The number of aliphatic hydroxyl groups excluding tert-OH is 1. The van der Waals surface area contributed by atoms with Gasteiger partial charge in [0.15, 0.2) is 0 Å². The summed E-state index contributed by atoms with van der Waals surface area (Å²) in [5, 5.41) is 9.45. The van der Waals surface area contributed by atoms with Crippen molar-refractivity contribution < 1.29 is 14.6 Å². The normalized spacial score (nSPS) is 17.2. The average molecular weight is 368 g/mol. The zero-order chi connectivity index (χ0) is 18.6. The Labute approximate surface area is 158 Å². The lowest BCUT2D eigenvalue weighted by Crippen LogP contribution is -2.48. The van der Waals surface area contributed by atoms with Crippen molar-refractivity contribution >= 4 is 11.0 Å². The predicted octanol–water partition coefficient (Wildman–Crippen LogP) is 2.18. The van der Waals surface area contributed by atoms with Gasteiger partial charge in [0.1, 0.15) is 24.1 Å². The summed E-state index contributed by atoms with van der Waals surface area (Å²) in [5.74, 6) is 0.539. The second kappa shape index (κ2) is 8.04. The number of rotatable bonds is 8. The first-order valence-corrected chi connectivity index (χ1v) is 9.13. The molecule has 0 radical (unpaired) electrons. The number of fused-ring (bicyclic) bond motifs is 1. The maximum Gasteiger partial charge on any atom is 0.241 e. The van der Waals surface area contributed by atoms with Crippen LogP contribution < -0.4 is 4.74 Å². The number of hydrogen-bond acceptors (Lipinski definition) is 6. The highest BCUT2D eigenvalue weighted by Crippen LogP contribution is 2.29. The number of aromatic nitrogens is 3. The zero-order valence-electron chi connectivity index (χ0n) is 15.4. The van der Waals surface area contributed by atoms with E-state index in [2.05, 4.69) is 21.1 Å². The fourth-order valence-electron chi connectivity index (χ4n) is 3.50. The molecule has 7 heteroatoms. The summed E-state index contributed by atoms with van der Waals surface area (Å²) in [6, 6.07) is 10.3. The van der Waals surface area contributed by atoms with Crippen LogP contribution in [0.3, 0.4) is 0 Å². The van der Waals surface area contributed by atoms with Crippen molar-refractivity contribution in [1.29, 1.82) is 0 Å². The first kappa shape index (κ1) is 17.9.